The average Bonchev–Trinajstić information content (AvgIpc) is 3.07. The van der Waals surface area contributed by atoms with E-state index in [1.807, 2.05) is 6.07 Å². The lowest BCUT2D eigenvalue weighted by atomic mass is 9.83. The zero-order valence-corrected chi connectivity index (χ0v) is 15.0. The van der Waals surface area contributed by atoms with Crippen LogP contribution in [0.3, 0.4) is 0 Å². The second kappa shape index (κ2) is 6.41. The number of methoxy groups -OCH3 is 1. The third kappa shape index (κ3) is 3.22. The first-order valence-corrected chi connectivity index (χ1v) is 8.51. The predicted molar refractivity (Wildman–Crippen MR) is 98.9 cm³/mol. The topological polar surface area (TPSA) is 78.3 Å². The summed E-state index contributed by atoms with van der Waals surface area (Å²) in [6.07, 6.45) is 4.94. The molecule has 0 bridgehead atoms. The molecule has 0 saturated carbocycles. The van der Waals surface area contributed by atoms with Crippen molar-refractivity contribution in [3.8, 4) is 5.75 Å². The highest BCUT2D eigenvalue weighted by Crippen LogP contribution is 2.42. The molecule has 1 atom stereocenters. The summed E-state index contributed by atoms with van der Waals surface area (Å²) in [7, 11) is 1.68. The number of aliphatic imine (C=N–C) groups is 1. The first-order valence-electron chi connectivity index (χ1n) is 7.64. The molecule has 2 aromatic rings. The van der Waals surface area contributed by atoms with Gasteiger partial charge in [-0.25, -0.2) is 9.67 Å². The van der Waals surface area contributed by atoms with Gasteiger partial charge in [0.1, 0.15) is 23.9 Å². The van der Waals surface area contributed by atoms with Gasteiger partial charge in [0, 0.05) is 4.91 Å². The molecule has 1 aromatic carbocycles. The van der Waals surface area contributed by atoms with E-state index < -0.39 is 0 Å². The highest BCUT2D eigenvalue weighted by molar-refractivity contribution is 8.09. The second-order valence-corrected chi connectivity index (χ2v) is 7.63. The van der Waals surface area contributed by atoms with E-state index in [1.165, 1.54) is 23.7 Å². The van der Waals surface area contributed by atoms with Crippen molar-refractivity contribution in [2.75, 3.05) is 7.11 Å². The van der Waals surface area contributed by atoms with Crippen molar-refractivity contribution < 1.29 is 4.74 Å². The molecular formula is C17H21N5OS. The van der Waals surface area contributed by atoms with Crippen molar-refractivity contribution in [1.82, 2.24) is 14.8 Å². The van der Waals surface area contributed by atoms with E-state index in [0.717, 1.165) is 21.9 Å². The number of aromatic nitrogens is 3. The Morgan fingerprint density at radius 2 is 2.08 bits per heavy atom. The molecule has 0 saturated heterocycles. The van der Waals surface area contributed by atoms with Crippen LogP contribution in [-0.2, 0) is 5.41 Å². The van der Waals surface area contributed by atoms with Gasteiger partial charge in [-0.15, -0.1) is 0 Å². The number of allylic oxidation sites excluding steroid dienone is 1. The summed E-state index contributed by atoms with van der Waals surface area (Å²) in [6, 6.07) is 6.12. The summed E-state index contributed by atoms with van der Waals surface area (Å²) >= 11 is 1.52. The molecule has 0 spiro atoms. The maximum Gasteiger partial charge on any atom is 0.149 e. The number of benzene rings is 1. The molecule has 6 nitrogen and oxygen atoms in total. The summed E-state index contributed by atoms with van der Waals surface area (Å²) < 4.78 is 7.13. The number of ether oxygens (including phenoxy) is 1. The molecule has 3 rings (SSSR count). The molecule has 7 heteroatoms. The van der Waals surface area contributed by atoms with Gasteiger partial charge in [-0.05, 0) is 34.7 Å². The van der Waals surface area contributed by atoms with Crippen molar-refractivity contribution in [1.29, 1.82) is 0 Å². The Hall–Kier alpha value is -2.12. The summed E-state index contributed by atoms with van der Waals surface area (Å²) in [4.78, 5) is 9.39. The normalized spacial score (nSPS) is 18.1. The molecule has 0 fully saturated rings. The highest BCUT2D eigenvalue weighted by Gasteiger charge is 2.26. The van der Waals surface area contributed by atoms with Crippen LogP contribution >= 0.6 is 11.8 Å². The van der Waals surface area contributed by atoms with Crippen LogP contribution < -0.4 is 10.5 Å². The Bertz CT molecular complexity index is 790. The van der Waals surface area contributed by atoms with Gasteiger partial charge in [0.05, 0.1) is 19.0 Å². The maximum atomic E-state index is 6.05. The number of hydrogen-bond donors (Lipinski definition) is 1. The fourth-order valence-electron chi connectivity index (χ4n) is 2.58. The minimum Gasteiger partial charge on any atom is -0.497 e. The first kappa shape index (κ1) is 16.7. The molecule has 1 aliphatic heterocycles. The zero-order valence-electron chi connectivity index (χ0n) is 14.2. The molecule has 2 N–H and O–H groups in total. The van der Waals surface area contributed by atoms with Gasteiger partial charge in [0.15, 0.2) is 0 Å². The monoisotopic (exact) mass is 343 g/mol. The lowest BCUT2D eigenvalue weighted by Crippen LogP contribution is -2.20. The molecule has 0 radical (unpaired) electrons. The van der Waals surface area contributed by atoms with Crippen molar-refractivity contribution in [2.24, 2.45) is 10.7 Å². The number of rotatable bonds is 3. The molecular weight excluding hydrogens is 322 g/mol. The van der Waals surface area contributed by atoms with Gasteiger partial charge < -0.3 is 10.5 Å². The molecule has 0 amide bonds. The number of thioether (sulfide) groups is 1. The lowest BCUT2D eigenvalue weighted by molar-refractivity contribution is 0.412. The number of hydrogen-bond acceptors (Lipinski definition) is 6. The Morgan fingerprint density at radius 3 is 2.71 bits per heavy atom. The van der Waals surface area contributed by atoms with Crippen LogP contribution in [0, 0.1) is 0 Å². The Kier molecular flexibility index (Phi) is 4.47. The SMILES string of the molecule is COc1ccc(C2=C(n3cncn3)C=NC(N)S2)c(C(C)(C)C)c1. The molecule has 2 heterocycles. The van der Waals surface area contributed by atoms with Crippen molar-refractivity contribution in [2.45, 2.75) is 31.7 Å². The summed E-state index contributed by atoms with van der Waals surface area (Å²) in [5.74, 6) is 0.838. The van der Waals surface area contributed by atoms with Crippen LogP contribution in [-0.4, -0.2) is 33.6 Å². The van der Waals surface area contributed by atoms with Crippen LogP contribution in [0.5, 0.6) is 5.75 Å². The largest absolute Gasteiger partial charge is 0.497 e. The van der Waals surface area contributed by atoms with E-state index in [0.29, 0.717) is 0 Å². The first-order chi connectivity index (χ1) is 11.4. The predicted octanol–water partition coefficient (Wildman–Crippen LogP) is 2.97. The maximum absolute atomic E-state index is 6.05. The molecule has 126 valence electrons. The molecule has 1 aromatic heterocycles. The third-order valence-electron chi connectivity index (χ3n) is 3.76. The Labute approximate surface area is 145 Å². The Balaban J connectivity index is 2.23. The number of nitrogens with two attached hydrogens (primary N) is 1. The zero-order chi connectivity index (χ0) is 17.3. The van der Waals surface area contributed by atoms with Crippen LogP contribution in [0.4, 0.5) is 0 Å². The molecule has 24 heavy (non-hydrogen) atoms. The van der Waals surface area contributed by atoms with Gasteiger partial charge >= 0.3 is 0 Å². The lowest BCUT2D eigenvalue weighted by Gasteiger charge is -2.27. The van der Waals surface area contributed by atoms with Crippen LogP contribution in [0.25, 0.3) is 10.6 Å². The third-order valence-corrected chi connectivity index (χ3v) is 4.79. The van der Waals surface area contributed by atoms with Crippen LogP contribution in [0.15, 0.2) is 35.8 Å². The van der Waals surface area contributed by atoms with E-state index in [9.17, 15) is 0 Å². The average molecular weight is 343 g/mol. The van der Waals surface area contributed by atoms with E-state index in [-0.39, 0.29) is 10.9 Å². The molecule has 1 unspecified atom stereocenters. The number of nitrogens with zero attached hydrogens (tertiary/aromatic N) is 4. The van der Waals surface area contributed by atoms with E-state index in [1.54, 1.807) is 24.3 Å². The highest BCUT2D eigenvalue weighted by atomic mass is 32.2. The fraction of sp³-hybridized carbons (Fsp3) is 0.353. The van der Waals surface area contributed by atoms with Crippen molar-refractivity contribution >= 4 is 28.6 Å². The van der Waals surface area contributed by atoms with E-state index >= 15 is 0 Å². The van der Waals surface area contributed by atoms with Crippen LogP contribution in [0.2, 0.25) is 0 Å². The van der Waals surface area contributed by atoms with Crippen molar-refractivity contribution in [3.05, 3.63) is 42.0 Å². The molecule has 1 aliphatic rings. The van der Waals surface area contributed by atoms with E-state index in [4.69, 9.17) is 10.5 Å². The van der Waals surface area contributed by atoms with Gasteiger partial charge in [-0.3, -0.25) is 4.99 Å². The Morgan fingerprint density at radius 1 is 1.29 bits per heavy atom. The minimum absolute atomic E-state index is 0.0520. The second-order valence-electron chi connectivity index (χ2n) is 6.50. The smallest absolute Gasteiger partial charge is 0.149 e. The fourth-order valence-corrected chi connectivity index (χ4v) is 3.52. The summed E-state index contributed by atoms with van der Waals surface area (Å²) in [5.41, 5.74) is 8.84. The van der Waals surface area contributed by atoms with Crippen LogP contribution in [0.1, 0.15) is 31.9 Å². The van der Waals surface area contributed by atoms with Gasteiger partial charge in [-0.2, -0.15) is 5.10 Å². The van der Waals surface area contributed by atoms with Gasteiger partial charge in [0.25, 0.3) is 0 Å². The van der Waals surface area contributed by atoms with Crippen molar-refractivity contribution in [3.63, 3.8) is 0 Å². The molecule has 0 aliphatic carbocycles. The van der Waals surface area contributed by atoms with Gasteiger partial charge in [-0.1, -0.05) is 32.5 Å². The standard InChI is InChI=1S/C17H21N5OS/c1-17(2,3)13-7-11(23-4)5-6-12(13)15-14(8-20-16(18)24-15)22-10-19-9-21-22/h5-10,16H,18H2,1-4H3. The van der Waals surface area contributed by atoms with E-state index in [2.05, 4.69) is 48.0 Å². The quantitative estimate of drug-likeness (QED) is 0.927. The summed E-state index contributed by atoms with van der Waals surface area (Å²) in [6.45, 7) is 6.55. The summed E-state index contributed by atoms with van der Waals surface area (Å²) in [5, 5.41) is 4.24. The van der Waals surface area contributed by atoms with Gasteiger partial charge in [0.2, 0.25) is 0 Å². The minimum atomic E-state index is -0.331.